The van der Waals surface area contributed by atoms with Crippen LogP contribution in [0, 0.1) is 11.8 Å². The Kier molecular flexibility index (Phi) is 4.94. The van der Waals surface area contributed by atoms with Crippen LogP contribution in [0.25, 0.3) is 10.9 Å². The van der Waals surface area contributed by atoms with Gasteiger partial charge in [-0.25, -0.2) is 0 Å². The minimum atomic E-state index is 0.346. The summed E-state index contributed by atoms with van der Waals surface area (Å²) < 4.78 is 0. The molecule has 0 aliphatic heterocycles. The molecule has 0 bridgehead atoms. The topological polar surface area (TPSA) is 24.9 Å². The van der Waals surface area contributed by atoms with Crippen molar-refractivity contribution in [2.24, 2.45) is 0 Å². The van der Waals surface area contributed by atoms with Gasteiger partial charge in [-0.15, -0.1) is 11.8 Å². The number of nitrogens with zero attached hydrogens (tertiary/aromatic N) is 1. The lowest BCUT2D eigenvalue weighted by atomic mass is 9.98. The van der Waals surface area contributed by atoms with Gasteiger partial charge in [-0.3, -0.25) is 4.98 Å². The normalized spacial score (nSPS) is 11.9. The van der Waals surface area contributed by atoms with Gasteiger partial charge >= 0.3 is 0 Å². The van der Waals surface area contributed by atoms with Gasteiger partial charge < -0.3 is 5.32 Å². The Labute approximate surface area is 115 Å². The molecule has 0 radical (unpaired) electrons. The Bertz CT molecular complexity index is 587. The average molecular weight is 252 g/mol. The minimum absolute atomic E-state index is 0.346. The van der Waals surface area contributed by atoms with Gasteiger partial charge in [0, 0.05) is 24.0 Å². The zero-order valence-electron chi connectivity index (χ0n) is 11.6. The molecule has 2 heteroatoms. The summed E-state index contributed by atoms with van der Waals surface area (Å²) in [6, 6.07) is 10.8. The van der Waals surface area contributed by atoms with Gasteiger partial charge in [-0.05, 0) is 37.6 Å². The molecule has 0 aliphatic carbocycles. The molecule has 2 aromatic rings. The van der Waals surface area contributed by atoms with E-state index in [2.05, 4.69) is 53.3 Å². The highest BCUT2D eigenvalue weighted by Gasteiger charge is 2.12. The van der Waals surface area contributed by atoms with Crippen LogP contribution in [0.2, 0.25) is 0 Å². The molecule has 0 aliphatic rings. The molecule has 2 rings (SSSR count). The maximum absolute atomic E-state index is 4.43. The van der Waals surface area contributed by atoms with Crippen molar-refractivity contribution in [1.82, 2.24) is 10.3 Å². The van der Waals surface area contributed by atoms with Gasteiger partial charge in [0.25, 0.3) is 0 Å². The number of hydrogen-bond donors (Lipinski definition) is 1. The first-order valence-electron chi connectivity index (χ1n) is 6.83. The Balaban J connectivity index is 2.34. The van der Waals surface area contributed by atoms with E-state index in [1.54, 1.807) is 0 Å². The molecule has 2 nitrogen and oxygen atoms in total. The molecule has 1 atom stereocenters. The van der Waals surface area contributed by atoms with E-state index >= 15 is 0 Å². The molecule has 98 valence electrons. The first-order valence-corrected chi connectivity index (χ1v) is 6.83. The fraction of sp³-hybridized carbons (Fsp3) is 0.353. The summed E-state index contributed by atoms with van der Waals surface area (Å²) in [6.45, 7) is 4.99. The second kappa shape index (κ2) is 6.92. The molecule has 0 saturated carbocycles. The van der Waals surface area contributed by atoms with Crippen molar-refractivity contribution in [2.75, 3.05) is 6.54 Å². The van der Waals surface area contributed by atoms with Gasteiger partial charge in [-0.1, -0.05) is 25.1 Å². The molecule has 1 heterocycles. The van der Waals surface area contributed by atoms with Crippen molar-refractivity contribution in [1.29, 1.82) is 0 Å². The van der Waals surface area contributed by atoms with Gasteiger partial charge in [-0.2, -0.15) is 0 Å². The third-order valence-electron chi connectivity index (χ3n) is 3.24. The molecule has 1 N–H and O–H groups in total. The van der Waals surface area contributed by atoms with Crippen LogP contribution in [-0.2, 0) is 0 Å². The molecule has 0 fully saturated rings. The first-order chi connectivity index (χ1) is 9.36. The smallest absolute Gasteiger partial charge is 0.0705 e. The van der Waals surface area contributed by atoms with Crippen molar-refractivity contribution in [3.8, 4) is 11.8 Å². The molecule has 0 saturated heterocycles. The van der Waals surface area contributed by atoms with E-state index < -0.39 is 0 Å². The van der Waals surface area contributed by atoms with Gasteiger partial charge in [0.2, 0.25) is 0 Å². The average Bonchev–Trinajstić information content (AvgIpc) is 2.46. The van der Waals surface area contributed by atoms with Gasteiger partial charge in [0.1, 0.15) is 0 Å². The predicted octanol–water partition coefficient (Wildman–Crippen LogP) is 3.69. The summed E-state index contributed by atoms with van der Waals surface area (Å²) in [5, 5.41) is 4.79. The fourth-order valence-corrected chi connectivity index (χ4v) is 2.38. The van der Waals surface area contributed by atoms with E-state index in [4.69, 9.17) is 0 Å². The third-order valence-corrected chi connectivity index (χ3v) is 3.24. The third kappa shape index (κ3) is 3.33. The second-order valence-electron chi connectivity index (χ2n) is 4.49. The van der Waals surface area contributed by atoms with Crippen LogP contribution in [0.5, 0.6) is 0 Å². The summed E-state index contributed by atoms with van der Waals surface area (Å²) in [7, 11) is 0. The van der Waals surface area contributed by atoms with E-state index in [-0.39, 0.29) is 0 Å². The number of aromatic nitrogens is 1. The zero-order valence-corrected chi connectivity index (χ0v) is 11.6. The Hall–Kier alpha value is -1.85. The van der Waals surface area contributed by atoms with E-state index in [1.807, 2.05) is 19.2 Å². The molecule has 1 unspecified atom stereocenters. The van der Waals surface area contributed by atoms with E-state index in [0.717, 1.165) is 24.9 Å². The quantitative estimate of drug-likeness (QED) is 0.821. The van der Waals surface area contributed by atoms with Crippen LogP contribution < -0.4 is 5.32 Å². The van der Waals surface area contributed by atoms with Gasteiger partial charge in [0.05, 0.1) is 5.52 Å². The highest BCUT2D eigenvalue weighted by atomic mass is 14.9. The molecule has 0 spiro atoms. The Morgan fingerprint density at radius 3 is 2.89 bits per heavy atom. The number of fused-ring (bicyclic) bond motifs is 1. The van der Waals surface area contributed by atoms with Crippen LogP contribution in [0.4, 0.5) is 0 Å². The van der Waals surface area contributed by atoms with Crippen molar-refractivity contribution in [2.45, 2.75) is 32.7 Å². The largest absolute Gasteiger partial charge is 0.310 e. The minimum Gasteiger partial charge on any atom is -0.310 e. The lowest BCUT2D eigenvalue weighted by molar-refractivity contribution is 0.525. The van der Waals surface area contributed by atoms with Crippen molar-refractivity contribution >= 4 is 10.9 Å². The standard InChI is InChI=1S/C17H20N2/c1-3-5-6-10-16(18-4-2)15-12-13-19-17-11-8-7-9-14(15)17/h7-9,11-13,16,18H,4,6,10H2,1-2H3. The van der Waals surface area contributed by atoms with Crippen molar-refractivity contribution in [3.63, 3.8) is 0 Å². The summed E-state index contributed by atoms with van der Waals surface area (Å²) in [5.41, 5.74) is 2.38. The maximum atomic E-state index is 4.43. The number of pyridine rings is 1. The molecular formula is C17H20N2. The first kappa shape index (κ1) is 13.6. The maximum Gasteiger partial charge on any atom is 0.0705 e. The molecule has 0 amide bonds. The lowest BCUT2D eigenvalue weighted by Crippen LogP contribution is -2.21. The molecular weight excluding hydrogens is 232 g/mol. The fourth-order valence-electron chi connectivity index (χ4n) is 2.38. The summed E-state index contributed by atoms with van der Waals surface area (Å²) in [5.74, 6) is 6.11. The molecule has 1 aromatic carbocycles. The molecule has 1 aromatic heterocycles. The van der Waals surface area contributed by atoms with Gasteiger partial charge in [0.15, 0.2) is 0 Å². The van der Waals surface area contributed by atoms with E-state index in [9.17, 15) is 0 Å². The number of para-hydroxylation sites is 1. The zero-order chi connectivity index (χ0) is 13.5. The van der Waals surface area contributed by atoms with Crippen LogP contribution in [0.1, 0.15) is 38.3 Å². The highest BCUT2D eigenvalue weighted by molar-refractivity contribution is 5.82. The number of benzene rings is 1. The predicted molar refractivity (Wildman–Crippen MR) is 80.8 cm³/mol. The second-order valence-corrected chi connectivity index (χ2v) is 4.49. The van der Waals surface area contributed by atoms with Crippen LogP contribution in [-0.4, -0.2) is 11.5 Å². The lowest BCUT2D eigenvalue weighted by Gasteiger charge is -2.19. The summed E-state index contributed by atoms with van der Waals surface area (Å²) >= 11 is 0. The monoisotopic (exact) mass is 252 g/mol. The molecule has 19 heavy (non-hydrogen) atoms. The van der Waals surface area contributed by atoms with E-state index in [1.165, 1.54) is 10.9 Å². The van der Waals surface area contributed by atoms with Crippen molar-refractivity contribution < 1.29 is 0 Å². The number of nitrogens with one attached hydrogen (secondary N) is 1. The van der Waals surface area contributed by atoms with Crippen LogP contribution in [0.15, 0.2) is 36.5 Å². The number of hydrogen-bond acceptors (Lipinski definition) is 2. The van der Waals surface area contributed by atoms with E-state index in [0.29, 0.717) is 6.04 Å². The Morgan fingerprint density at radius 2 is 2.11 bits per heavy atom. The highest BCUT2D eigenvalue weighted by Crippen LogP contribution is 2.25. The summed E-state index contributed by atoms with van der Waals surface area (Å²) in [6.07, 6.45) is 3.85. The summed E-state index contributed by atoms with van der Waals surface area (Å²) in [4.78, 5) is 4.43. The van der Waals surface area contributed by atoms with Crippen LogP contribution in [0.3, 0.4) is 0 Å². The Morgan fingerprint density at radius 1 is 1.26 bits per heavy atom. The van der Waals surface area contributed by atoms with Crippen LogP contribution >= 0.6 is 0 Å². The number of rotatable bonds is 5. The SMILES string of the molecule is CC#CCCC(NCC)c1ccnc2ccccc12. The van der Waals surface area contributed by atoms with Crippen molar-refractivity contribution in [3.05, 3.63) is 42.1 Å².